The van der Waals surface area contributed by atoms with Gasteiger partial charge in [-0.05, 0) is 50.2 Å². The molecule has 2 aliphatic heterocycles. The summed E-state index contributed by atoms with van der Waals surface area (Å²) in [5, 5.41) is 15.7. The fourth-order valence-corrected chi connectivity index (χ4v) is 4.75. The summed E-state index contributed by atoms with van der Waals surface area (Å²) >= 11 is 12.1. The molecule has 0 amide bonds. The van der Waals surface area contributed by atoms with Gasteiger partial charge in [-0.15, -0.1) is 0 Å². The van der Waals surface area contributed by atoms with Crippen molar-refractivity contribution >= 4 is 46.2 Å². The second-order valence-corrected chi connectivity index (χ2v) is 9.24. The Bertz CT molecular complexity index is 1060. The first-order valence-electron chi connectivity index (χ1n) is 11.0. The van der Waals surface area contributed by atoms with Crippen LogP contribution in [0.3, 0.4) is 0 Å². The number of likely N-dealkylation sites (tertiary alicyclic amines) is 1. The summed E-state index contributed by atoms with van der Waals surface area (Å²) < 4.78 is 0. The Balaban J connectivity index is 1.61. The van der Waals surface area contributed by atoms with Gasteiger partial charge in [0.05, 0.1) is 17.6 Å². The zero-order chi connectivity index (χ0) is 23.5. The summed E-state index contributed by atoms with van der Waals surface area (Å²) in [7, 11) is 1.84. The summed E-state index contributed by atoms with van der Waals surface area (Å²) in [4.78, 5) is 13.3. The Hall–Kier alpha value is -2.68. The minimum absolute atomic E-state index is 0.227. The molecule has 0 aliphatic carbocycles. The maximum Gasteiger partial charge on any atom is 0.170 e. The molecule has 1 saturated heterocycles. The molecule has 2 aromatic carbocycles. The van der Waals surface area contributed by atoms with Crippen molar-refractivity contribution in [3.05, 3.63) is 64.7 Å². The van der Waals surface area contributed by atoms with Crippen LogP contribution in [0.1, 0.15) is 30.9 Å². The molecule has 1 fully saturated rings. The number of hydrogen-bond acceptors (Lipinski definition) is 5. The number of amidine groups is 1. The molecule has 0 aromatic heterocycles. The van der Waals surface area contributed by atoms with E-state index in [1.807, 2.05) is 62.5 Å². The van der Waals surface area contributed by atoms with Crippen LogP contribution in [-0.4, -0.2) is 65.2 Å². The van der Waals surface area contributed by atoms with E-state index >= 15 is 0 Å². The number of hydrogen-bond donors (Lipinski definition) is 3. The molecule has 7 nitrogen and oxygen atoms in total. The van der Waals surface area contributed by atoms with E-state index in [-0.39, 0.29) is 6.04 Å². The first-order chi connectivity index (χ1) is 15.8. The molecular weight excluding hydrogens is 456 g/mol. The Kier molecular flexibility index (Phi) is 7.17. The van der Waals surface area contributed by atoms with Crippen LogP contribution in [0.2, 0.25) is 5.02 Å². The molecule has 9 heteroatoms. The van der Waals surface area contributed by atoms with Gasteiger partial charge in [-0.2, -0.15) is 0 Å². The normalized spacial score (nSPS) is 21.8. The third-order valence-corrected chi connectivity index (χ3v) is 6.61. The molecule has 2 unspecified atom stereocenters. The number of halogens is 1. The summed E-state index contributed by atoms with van der Waals surface area (Å²) in [6, 6.07) is 15.7. The Morgan fingerprint density at radius 2 is 1.91 bits per heavy atom. The Morgan fingerprint density at radius 1 is 1.21 bits per heavy atom. The van der Waals surface area contributed by atoms with Crippen LogP contribution in [0.5, 0.6) is 0 Å². The van der Waals surface area contributed by atoms with E-state index in [1.165, 1.54) is 0 Å². The van der Waals surface area contributed by atoms with Crippen LogP contribution < -0.4 is 16.0 Å². The van der Waals surface area contributed by atoms with Crippen LogP contribution in [-0.2, 0) is 0 Å². The number of nitrogens with one attached hydrogen (secondary N) is 1. The van der Waals surface area contributed by atoms with Gasteiger partial charge in [0.15, 0.2) is 17.5 Å². The van der Waals surface area contributed by atoms with Gasteiger partial charge in [0.1, 0.15) is 0 Å². The first kappa shape index (κ1) is 23.5. The molecule has 0 saturated carbocycles. The maximum absolute atomic E-state index is 11.2. The Morgan fingerprint density at radius 3 is 2.58 bits per heavy atom. The summed E-state index contributed by atoms with van der Waals surface area (Å²) in [5.74, 6) is 0.612. The average molecular weight is 485 g/mol. The number of aliphatic hydroxyl groups excluding tert-OH is 1. The third kappa shape index (κ3) is 5.29. The molecule has 4 rings (SSSR count). The highest BCUT2D eigenvalue weighted by Crippen LogP contribution is 2.31. The lowest BCUT2D eigenvalue weighted by Crippen LogP contribution is -2.54. The number of benzene rings is 2. The van der Waals surface area contributed by atoms with E-state index in [9.17, 15) is 5.11 Å². The Labute approximate surface area is 205 Å². The van der Waals surface area contributed by atoms with Gasteiger partial charge in [-0.25, -0.2) is 0 Å². The first-order valence-corrected chi connectivity index (χ1v) is 11.8. The molecule has 2 heterocycles. The average Bonchev–Trinajstić information content (AvgIpc) is 2.90. The van der Waals surface area contributed by atoms with E-state index in [2.05, 4.69) is 15.2 Å². The predicted octanol–water partition coefficient (Wildman–Crippen LogP) is 2.99. The minimum Gasteiger partial charge on any atom is -0.388 e. The number of likely N-dealkylation sites (N-methyl/N-ethyl adjacent to an activating group) is 1. The fraction of sp³-hybridized carbons (Fsp3) is 0.375. The highest BCUT2D eigenvalue weighted by molar-refractivity contribution is 7.80. The minimum atomic E-state index is -0.925. The van der Waals surface area contributed by atoms with Crippen LogP contribution in [0.25, 0.3) is 0 Å². The number of fused-ring (bicyclic) bond motifs is 1. The topological polar surface area (TPSA) is 89.5 Å². The van der Waals surface area contributed by atoms with Gasteiger partial charge < -0.3 is 26.0 Å². The summed E-state index contributed by atoms with van der Waals surface area (Å²) in [6.07, 6.45) is 0.176. The monoisotopic (exact) mass is 484 g/mol. The zero-order valence-corrected chi connectivity index (χ0v) is 20.4. The molecule has 0 bridgehead atoms. The molecule has 0 spiro atoms. The second kappa shape index (κ2) is 10.1. The number of rotatable bonds is 3. The van der Waals surface area contributed by atoms with Crippen molar-refractivity contribution in [2.45, 2.75) is 38.2 Å². The van der Waals surface area contributed by atoms with Crippen LogP contribution in [0, 0.1) is 0 Å². The van der Waals surface area contributed by atoms with Crippen molar-refractivity contribution in [1.82, 2.24) is 10.2 Å². The number of piperidine rings is 1. The number of nitrogens with two attached hydrogens (primary N) is 1. The van der Waals surface area contributed by atoms with Crippen molar-refractivity contribution in [3.8, 4) is 0 Å². The lowest BCUT2D eigenvalue weighted by atomic mass is 10.0. The molecular formula is C24H29ClN6OS. The zero-order valence-electron chi connectivity index (χ0n) is 18.8. The van der Waals surface area contributed by atoms with Gasteiger partial charge in [-0.3, -0.25) is 9.98 Å². The number of anilines is 1. The quantitative estimate of drug-likeness (QED) is 0.352. The largest absolute Gasteiger partial charge is 0.388 e. The SMILES string of the molecule is CC(N)=NC1CCN(C(=S)NC2N=C(c3ccccc3)c3cc(Cl)ccc3N(C)C2O)CC1. The van der Waals surface area contributed by atoms with Gasteiger partial charge >= 0.3 is 0 Å². The molecule has 174 valence electrons. The fourth-order valence-electron chi connectivity index (χ4n) is 4.27. The number of nitrogens with zero attached hydrogens (tertiary/aromatic N) is 4. The van der Waals surface area contributed by atoms with Crippen molar-refractivity contribution in [2.24, 2.45) is 15.7 Å². The van der Waals surface area contributed by atoms with Gasteiger partial charge in [0.2, 0.25) is 0 Å². The number of thiocarbonyl (C=S) groups is 1. The van der Waals surface area contributed by atoms with E-state index in [0.29, 0.717) is 16.0 Å². The van der Waals surface area contributed by atoms with Crippen molar-refractivity contribution in [3.63, 3.8) is 0 Å². The van der Waals surface area contributed by atoms with E-state index in [1.54, 1.807) is 4.90 Å². The number of aliphatic hydroxyl groups is 1. The molecule has 2 atom stereocenters. The molecule has 33 heavy (non-hydrogen) atoms. The van der Waals surface area contributed by atoms with Crippen LogP contribution in [0.4, 0.5) is 5.69 Å². The molecule has 4 N–H and O–H groups in total. The lowest BCUT2D eigenvalue weighted by Gasteiger charge is -2.35. The van der Waals surface area contributed by atoms with Gasteiger partial charge in [-0.1, -0.05) is 41.9 Å². The lowest BCUT2D eigenvalue weighted by molar-refractivity contribution is 0.138. The van der Waals surface area contributed by atoms with E-state index < -0.39 is 12.4 Å². The second-order valence-electron chi connectivity index (χ2n) is 8.41. The molecule has 2 aliphatic rings. The summed E-state index contributed by atoms with van der Waals surface area (Å²) in [6.45, 7) is 3.37. The van der Waals surface area contributed by atoms with Gasteiger partial charge in [0, 0.05) is 42.0 Å². The number of aliphatic imine (C=N–C) groups is 2. The van der Waals surface area contributed by atoms with Gasteiger partial charge in [0.25, 0.3) is 0 Å². The van der Waals surface area contributed by atoms with E-state index in [0.717, 1.165) is 48.5 Å². The highest BCUT2D eigenvalue weighted by atomic mass is 35.5. The smallest absolute Gasteiger partial charge is 0.170 e. The third-order valence-electron chi connectivity index (χ3n) is 6.00. The highest BCUT2D eigenvalue weighted by Gasteiger charge is 2.32. The predicted molar refractivity (Wildman–Crippen MR) is 139 cm³/mol. The van der Waals surface area contributed by atoms with E-state index in [4.69, 9.17) is 34.5 Å². The molecule has 2 aromatic rings. The van der Waals surface area contributed by atoms with Crippen LogP contribution >= 0.6 is 23.8 Å². The van der Waals surface area contributed by atoms with Crippen molar-refractivity contribution < 1.29 is 5.11 Å². The van der Waals surface area contributed by atoms with Crippen molar-refractivity contribution in [2.75, 3.05) is 25.0 Å². The number of benzodiazepines with no additional fused rings is 1. The standard InChI is InChI=1S/C24H29ClN6OS/c1-15(26)27-18-10-12-31(13-11-18)24(33)29-22-23(32)30(2)20-9-8-17(25)14-19(20)21(28-22)16-6-4-3-5-7-16/h3-9,14,18,22-23,32H,10-13H2,1-2H3,(H2,26,27)(H,29,33). The maximum atomic E-state index is 11.2. The van der Waals surface area contributed by atoms with Crippen LogP contribution in [0.15, 0.2) is 58.5 Å². The summed E-state index contributed by atoms with van der Waals surface area (Å²) in [5.41, 5.74) is 9.14. The molecule has 0 radical (unpaired) electrons. The van der Waals surface area contributed by atoms with Crippen molar-refractivity contribution in [1.29, 1.82) is 0 Å².